The summed E-state index contributed by atoms with van der Waals surface area (Å²) in [4.78, 5) is 0. The van der Waals surface area contributed by atoms with Gasteiger partial charge < -0.3 is 14.5 Å². The zero-order valence-electron chi connectivity index (χ0n) is 9.87. The highest BCUT2D eigenvalue weighted by molar-refractivity contribution is 14.1. The molecule has 1 aromatic heterocycles. The van der Waals surface area contributed by atoms with E-state index in [0.717, 1.165) is 9.53 Å². The van der Waals surface area contributed by atoms with Crippen molar-refractivity contribution >= 4 is 28.3 Å². The van der Waals surface area contributed by atoms with Crippen LogP contribution in [0.2, 0.25) is 0 Å². The summed E-state index contributed by atoms with van der Waals surface area (Å²) in [6, 6.07) is 8.59. The van der Waals surface area contributed by atoms with Crippen molar-refractivity contribution in [2.24, 2.45) is 0 Å². The fourth-order valence-electron chi connectivity index (χ4n) is 1.52. The van der Waals surface area contributed by atoms with Gasteiger partial charge in [-0.2, -0.15) is 0 Å². The maximum Gasteiger partial charge on any atom is 0.167 e. The van der Waals surface area contributed by atoms with Gasteiger partial charge in [-0.05, 0) is 53.8 Å². The Morgan fingerprint density at radius 3 is 2.78 bits per heavy atom. The Bertz CT molecular complexity index is 527. The van der Waals surface area contributed by atoms with Crippen LogP contribution in [0.5, 0.6) is 5.75 Å². The molecule has 0 fully saturated rings. The fraction of sp³-hybridized carbons (Fsp3) is 0.231. The molecule has 0 saturated carbocycles. The summed E-state index contributed by atoms with van der Waals surface area (Å²) in [5, 5.41) is 3.09. The van der Waals surface area contributed by atoms with Gasteiger partial charge in [0.25, 0.3) is 0 Å². The van der Waals surface area contributed by atoms with Crippen LogP contribution in [-0.2, 0) is 6.54 Å². The predicted octanol–water partition coefficient (Wildman–Crippen LogP) is 4.03. The van der Waals surface area contributed by atoms with Gasteiger partial charge in [0.1, 0.15) is 5.76 Å². The molecule has 0 aliphatic rings. The zero-order valence-corrected chi connectivity index (χ0v) is 12.0. The minimum Gasteiger partial charge on any atom is -0.491 e. The molecule has 5 heteroatoms. The summed E-state index contributed by atoms with van der Waals surface area (Å²) in [5.41, 5.74) is 0.697. The second-order valence-corrected chi connectivity index (χ2v) is 4.70. The third kappa shape index (κ3) is 3.38. The molecule has 0 saturated heterocycles. The first-order valence-corrected chi connectivity index (χ1v) is 6.67. The highest BCUT2D eigenvalue weighted by Gasteiger charge is 2.05. The summed E-state index contributed by atoms with van der Waals surface area (Å²) in [6.07, 6.45) is 0. The number of hydrogen-bond acceptors (Lipinski definition) is 3. The van der Waals surface area contributed by atoms with E-state index >= 15 is 0 Å². The van der Waals surface area contributed by atoms with Gasteiger partial charge in [0.05, 0.1) is 13.2 Å². The molecular formula is C13H13FINO2. The molecule has 0 amide bonds. The molecule has 1 N–H and O–H groups in total. The highest BCUT2D eigenvalue weighted by Crippen LogP contribution is 2.21. The van der Waals surface area contributed by atoms with Gasteiger partial charge >= 0.3 is 0 Å². The van der Waals surface area contributed by atoms with Gasteiger partial charge in [0, 0.05) is 11.8 Å². The Labute approximate surface area is 118 Å². The molecule has 96 valence electrons. The van der Waals surface area contributed by atoms with E-state index in [1.165, 1.54) is 6.07 Å². The summed E-state index contributed by atoms with van der Waals surface area (Å²) in [7, 11) is 0. The number of benzene rings is 1. The molecule has 0 aliphatic heterocycles. The van der Waals surface area contributed by atoms with Crippen molar-refractivity contribution in [2.75, 3.05) is 11.9 Å². The Morgan fingerprint density at radius 2 is 2.17 bits per heavy atom. The van der Waals surface area contributed by atoms with Crippen molar-refractivity contribution in [3.05, 3.63) is 45.7 Å². The van der Waals surface area contributed by atoms with Crippen LogP contribution >= 0.6 is 22.6 Å². The molecule has 3 nitrogen and oxygen atoms in total. The first-order valence-electron chi connectivity index (χ1n) is 5.59. The molecule has 2 aromatic rings. The Balaban J connectivity index is 1.99. The molecule has 2 rings (SSSR count). The SMILES string of the molecule is CCOc1ccc(NCc2ccc(I)o2)cc1F. The van der Waals surface area contributed by atoms with Crippen molar-refractivity contribution in [3.8, 4) is 5.75 Å². The Kier molecular flexibility index (Phi) is 4.46. The average Bonchev–Trinajstić information content (AvgIpc) is 2.76. The van der Waals surface area contributed by atoms with Gasteiger partial charge in [-0.1, -0.05) is 0 Å². The number of nitrogens with one attached hydrogen (secondary N) is 1. The number of anilines is 1. The van der Waals surface area contributed by atoms with Crippen LogP contribution in [0.25, 0.3) is 0 Å². The monoisotopic (exact) mass is 361 g/mol. The number of hydrogen-bond donors (Lipinski definition) is 1. The van der Waals surface area contributed by atoms with E-state index in [4.69, 9.17) is 9.15 Å². The molecule has 0 aliphatic carbocycles. The number of halogens is 2. The van der Waals surface area contributed by atoms with Crippen molar-refractivity contribution in [1.29, 1.82) is 0 Å². The normalized spacial score (nSPS) is 10.4. The van der Waals surface area contributed by atoms with E-state index in [1.807, 2.05) is 19.1 Å². The molecule has 0 unspecified atom stereocenters. The Morgan fingerprint density at radius 1 is 1.33 bits per heavy atom. The van der Waals surface area contributed by atoms with Crippen molar-refractivity contribution in [3.63, 3.8) is 0 Å². The van der Waals surface area contributed by atoms with Crippen LogP contribution in [0, 0.1) is 9.58 Å². The van der Waals surface area contributed by atoms with Gasteiger partial charge in [-0.3, -0.25) is 0 Å². The number of furan rings is 1. The lowest BCUT2D eigenvalue weighted by atomic mass is 10.3. The van der Waals surface area contributed by atoms with Crippen molar-refractivity contribution in [2.45, 2.75) is 13.5 Å². The summed E-state index contributed by atoms with van der Waals surface area (Å²) in [5.74, 6) is 0.722. The molecular weight excluding hydrogens is 348 g/mol. The van der Waals surface area contributed by atoms with Crippen LogP contribution in [0.15, 0.2) is 34.7 Å². The van der Waals surface area contributed by atoms with E-state index in [2.05, 4.69) is 27.9 Å². The highest BCUT2D eigenvalue weighted by atomic mass is 127. The van der Waals surface area contributed by atoms with Gasteiger partial charge in [0.15, 0.2) is 15.3 Å². The zero-order chi connectivity index (χ0) is 13.0. The van der Waals surface area contributed by atoms with E-state index in [1.54, 1.807) is 12.1 Å². The van der Waals surface area contributed by atoms with E-state index in [9.17, 15) is 4.39 Å². The smallest absolute Gasteiger partial charge is 0.167 e. The summed E-state index contributed by atoms with van der Waals surface area (Å²) < 4.78 is 25.0. The number of ether oxygens (including phenoxy) is 1. The van der Waals surface area contributed by atoms with E-state index in [-0.39, 0.29) is 11.6 Å². The van der Waals surface area contributed by atoms with Crippen LogP contribution < -0.4 is 10.1 Å². The minimum atomic E-state index is -0.365. The van der Waals surface area contributed by atoms with Crippen molar-refractivity contribution in [1.82, 2.24) is 0 Å². The Hall–Kier alpha value is -1.24. The first kappa shape index (κ1) is 13.2. The summed E-state index contributed by atoms with van der Waals surface area (Å²) >= 11 is 2.10. The van der Waals surface area contributed by atoms with Crippen molar-refractivity contribution < 1.29 is 13.5 Å². The maximum atomic E-state index is 13.6. The molecule has 1 aromatic carbocycles. The van der Waals surface area contributed by atoms with Gasteiger partial charge in [-0.25, -0.2) is 4.39 Å². The van der Waals surface area contributed by atoms with Crippen LogP contribution in [0.1, 0.15) is 12.7 Å². The quantitative estimate of drug-likeness (QED) is 0.817. The molecule has 18 heavy (non-hydrogen) atoms. The first-order chi connectivity index (χ1) is 8.69. The minimum absolute atomic E-state index is 0.274. The van der Waals surface area contributed by atoms with E-state index < -0.39 is 0 Å². The third-order valence-electron chi connectivity index (χ3n) is 2.33. The second-order valence-electron chi connectivity index (χ2n) is 3.64. The lowest BCUT2D eigenvalue weighted by Gasteiger charge is -2.08. The fourth-order valence-corrected chi connectivity index (χ4v) is 1.98. The van der Waals surface area contributed by atoms with Crippen LogP contribution in [0.4, 0.5) is 10.1 Å². The van der Waals surface area contributed by atoms with Crippen LogP contribution in [0.3, 0.4) is 0 Å². The molecule has 0 spiro atoms. The van der Waals surface area contributed by atoms with Gasteiger partial charge in [0.2, 0.25) is 0 Å². The maximum absolute atomic E-state index is 13.6. The topological polar surface area (TPSA) is 34.4 Å². The molecule has 0 radical (unpaired) electrons. The third-order valence-corrected chi connectivity index (χ3v) is 2.91. The molecule has 0 bridgehead atoms. The molecule has 1 heterocycles. The molecule has 0 atom stereocenters. The van der Waals surface area contributed by atoms with E-state index in [0.29, 0.717) is 18.8 Å². The van der Waals surface area contributed by atoms with Crippen LogP contribution in [-0.4, -0.2) is 6.61 Å². The van der Waals surface area contributed by atoms with Gasteiger partial charge in [-0.15, -0.1) is 0 Å². The summed E-state index contributed by atoms with van der Waals surface area (Å²) in [6.45, 7) is 2.80. The lowest BCUT2D eigenvalue weighted by molar-refractivity contribution is 0.321. The second kappa shape index (κ2) is 6.08. The average molecular weight is 361 g/mol. The number of rotatable bonds is 5. The lowest BCUT2D eigenvalue weighted by Crippen LogP contribution is -2.00. The largest absolute Gasteiger partial charge is 0.491 e. The predicted molar refractivity (Wildman–Crippen MR) is 76.3 cm³/mol. The standard InChI is InChI=1S/C13H13FINO2/c1-2-17-12-5-3-9(7-11(12)14)16-8-10-4-6-13(15)18-10/h3-7,16H,2,8H2,1H3.